The molecular weight excluding hydrogens is 250 g/mol. The highest BCUT2D eigenvalue weighted by molar-refractivity contribution is 5.70. The van der Waals surface area contributed by atoms with Crippen LogP contribution in [-0.2, 0) is 9.53 Å². The fourth-order valence-corrected chi connectivity index (χ4v) is 4.52. The average Bonchev–Trinajstić information content (AvgIpc) is 2.71. The Balaban J connectivity index is 1.84. The Morgan fingerprint density at radius 3 is 2.45 bits per heavy atom. The van der Waals surface area contributed by atoms with Crippen LogP contribution in [0.3, 0.4) is 0 Å². The van der Waals surface area contributed by atoms with Gasteiger partial charge in [-0.05, 0) is 56.8 Å². The van der Waals surface area contributed by atoms with Crippen LogP contribution in [0.25, 0.3) is 0 Å². The predicted molar refractivity (Wildman–Crippen MR) is 81.5 cm³/mol. The Bertz CT molecular complexity index is 378. The lowest BCUT2D eigenvalue weighted by atomic mass is 9.68. The summed E-state index contributed by atoms with van der Waals surface area (Å²) in [5.41, 5.74) is 0.387. The maximum absolute atomic E-state index is 11.8. The zero-order chi connectivity index (χ0) is 15.2. The van der Waals surface area contributed by atoms with E-state index in [0.29, 0.717) is 23.3 Å². The Hall–Kier alpha value is -0.570. The van der Waals surface area contributed by atoms with Gasteiger partial charge in [0.15, 0.2) is 0 Å². The topological polar surface area (TPSA) is 38.3 Å². The van der Waals surface area contributed by atoms with Crippen LogP contribution in [0.4, 0.5) is 0 Å². The van der Waals surface area contributed by atoms with Crippen molar-refractivity contribution < 1.29 is 9.53 Å². The molecule has 0 radical (unpaired) electrons. The third-order valence-corrected chi connectivity index (χ3v) is 5.37. The summed E-state index contributed by atoms with van der Waals surface area (Å²) in [5, 5.41) is 3.66. The van der Waals surface area contributed by atoms with E-state index in [1.807, 2.05) is 20.8 Å². The van der Waals surface area contributed by atoms with Crippen molar-refractivity contribution in [2.75, 3.05) is 6.54 Å². The first kappa shape index (κ1) is 15.8. The number of ether oxygens (including phenoxy) is 1. The zero-order valence-electron chi connectivity index (χ0n) is 14.0. The Morgan fingerprint density at radius 1 is 1.30 bits per heavy atom. The maximum Gasteiger partial charge on any atom is 0.307 e. The van der Waals surface area contributed by atoms with Crippen LogP contribution in [0.5, 0.6) is 0 Å². The van der Waals surface area contributed by atoms with Crippen LogP contribution in [0, 0.1) is 16.7 Å². The maximum atomic E-state index is 11.8. The van der Waals surface area contributed by atoms with E-state index in [9.17, 15) is 4.79 Å². The molecule has 116 valence electrons. The van der Waals surface area contributed by atoms with E-state index in [2.05, 4.69) is 26.1 Å². The van der Waals surface area contributed by atoms with Gasteiger partial charge in [-0.2, -0.15) is 0 Å². The molecule has 0 aromatic heterocycles. The quantitative estimate of drug-likeness (QED) is 0.801. The molecule has 2 fully saturated rings. The van der Waals surface area contributed by atoms with E-state index in [1.165, 1.54) is 19.3 Å². The largest absolute Gasteiger partial charge is 0.460 e. The van der Waals surface area contributed by atoms with E-state index in [0.717, 1.165) is 12.5 Å². The summed E-state index contributed by atoms with van der Waals surface area (Å²) < 4.78 is 5.36. The lowest BCUT2D eigenvalue weighted by Crippen LogP contribution is -2.50. The molecule has 0 spiro atoms. The Kier molecular flexibility index (Phi) is 3.96. The lowest BCUT2D eigenvalue weighted by molar-refractivity contribution is -0.154. The molecule has 20 heavy (non-hydrogen) atoms. The van der Waals surface area contributed by atoms with E-state index in [4.69, 9.17) is 4.74 Å². The fraction of sp³-hybridized carbons (Fsp3) is 0.941. The molecule has 0 aliphatic heterocycles. The molecule has 0 amide bonds. The molecule has 3 unspecified atom stereocenters. The van der Waals surface area contributed by atoms with Crippen LogP contribution in [0.15, 0.2) is 0 Å². The third kappa shape index (κ3) is 3.03. The molecule has 0 saturated heterocycles. The number of fused-ring (bicyclic) bond motifs is 2. The van der Waals surface area contributed by atoms with E-state index in [-0.39, 0.29) is 11.6 Å². The molecular formula is C17H31NO2. The number of hydrogen-bond donors (Lipinski definition) is 1. The molecule has 0 heterocycles. The first-order chi connectivity index (χ1) is 9.05. The number of carbonyl (C=O) groups excluding carboxylic acids is 1. The summed E-state index contributed by atoms with van der Waals surface area (Å²) in [5.74, 6) is 0.739. The Morgan fingerprint density at radius 2 is 1.95 bits per heavy atom. The fourth-order valence-electron chi connectivity index (χ4n) is 4.52. The van der Waals surface area contributed by atoms with Gasteiger partial charge in [-0.15, -0.1) is 0 Å². The summed E-state index contributed by atoms with van der Waals surface area (Å²) in [6.45, 7) is 13.6. The number of nitrogens with one attached hydrogen (secondary N) is 1. The van der Waals surface area contributed by atoms with Crippen LogP contribution in [0.2, 0.25) is 0 Å². The highest BCUT2D eigenvalue weighted by atomic mass is 16.6. The minimum Gasteiger partial charge on any atom is -0.460 e. The summed E-state index contributed by atoms with van der Waals surface area (Å²) >= 11 is 0. The molecule has 2 aliphatic rings. The zero-order valence-corrected chi connectivity index (χ0v) is 14.0. The number of rotatable bonds is 4. The van der Waals surface area contributed by atoms with Crippen LogP contribution in [-0.4, -0.2) is 24.2 Å². The summed E-state index contributed by atoms with van der Waals surface area (Å²) in [4.78, 5) is 11.8. The van der Waals surface area contributed by atoms with Crippen molar-refractivity contribution in [3.05, 3.63) is 0 Å². The lowest BCUT2D eigenvalue weighted by Gasteiger charge is -2.43. The molecule has 2 aliphatic carbocycles. The van der Waals surface area contributed by atoms with Gasteiger partial charge in [-0.25, -0.2) is 0 Å². The molecule has 2 bridgehead atoms. The van der Waals surface area contributed by atoms with Gasteiger partial charge < -0.3 is 10.1 Å². The number of carbonyl (C=O) groups is 1. The molecule has 3 nitrogen and oxygen atoms in total. The van der Waals surface area contributed by atoms with Crippen molar-refractivity contribution in [2.24, 2.45) is 16.7 Å². The van der Waals surface area contributed by atoms with Gasteiger partial charge in [-0.1, -0.05) is 20.8 Å². The van der Waals surface area contributed by atoms with Crippen LogP contribution < -0.4 is 5.32 Å². The van der Waals surface area contributed by atoms with Crippen molar-refractivity contribution in [1.82, 2.24) is 5.32 Å². The SMILES string of the molecule is CC(C)(C)OC(=O)CCNC1C2(C)CCC(C2)C1(C)C. The third-order valence-electron chi connectivity index (χ3n) is 5.37. The smallest absolute Gasteiger partial charge is 0.307 e. The highest BCUT2D eigenvalue weighted by Gasteiger charge is 2.58. The molecule has 0 aromatic carbocycles. The van der Waals surface area contributed by atoms with E-state index >= 15 is 0 Å². The van der Waals surface area contributed by atoms with E-state index in [1.54, 1.807) is 0 Å². The second-order valence-electron chi connectivity index (χ2n) is 8.64. The monoisotopic (exact) mass is 281 g/mol. The van der Waals surface area contributed by atoms with Crippen LogP contribution in [0.1, 0.15) is 67.2 Å². The van der Waals surface area contributed by atoms with Crippen molar-refractivity contribution in [3.8, 4) is 0 Å². The normalized spacial score (nSPS) is 35.3. The molecule has 2 rings (SSSR count). The highest BCUT2D eigenvalue weighted by Crippen LogP contribution is 2.62. The molecule has 1 N–H and O–H groups in total. The minimum atomic E-state index is -0.380. The van der Waals surface area contributed by atoms with Gasteiger partial charge in [0.25, 0.3) is 0 Å². The number of esters is 1. The van der Waals surface area contributed by atoms with Gasteiger partial charge in [0.05, 0.1) is 6.42 Å². The van der Waals surface area contributed by atoms with Gasteiger partial charge in [0.1, 0.15) is 5.60 Å². The van der Waals surface area contributed by atoms with Gasteiger partial charge in [0, 0.05) is 12.6 Å². The number of hydrogen-bond acceptors (Lipinski definition) is 3. The first-order valence-electron chi connectivity index (χ1n) is 8.00. The van der Waals surface area contributed by atoms with Crippen molar-refractivity contribution >= 4 is 5.97 Å². The first-order valence-corrected chi connectivity index (χ1v) is 8.00. The van der Waals surface area contributed by atoms with Crippen molar-refractivity contribution in [3.63, 3.8) is 0 Å². The summed E-state index contributed by atoms with van der Waals surface area (Å²) in [6.07, 6.45) is 4.49. The molecule has 3 atom stereocenters. The Labute approximate surface area is 123 Å². The van der Waals surface area contributed by atoms with Crippen molar-refractivity contribution in [1.29, 1.82) is 0 Å². The molecule has 2 saturated carbocycles. The molecule has 0 aromatic rings. The van der Waals surface area contributed by atoms with E-state index < -0.39 is 0 Å². The second kappa shape index (κ2) is 5.01. The molecule has 3 heteroatoms. The van der Waals surface area contributed by atoms with Crippen molar-refractivity contribution in [2.45, 2.75) is 78.9 Å². The summed E-state index contributed by atoms with van der Waals surface area (Å²) in [7, 11) is 0. The summed E-state index contributed by atoms with van der Waals surface area (Å²) in [6, 6.07) is 0.524. The second-order valence-corrected chi connectivity index (χ2v) is 8.64. The predicted octanol–water partition coefficient (Wildman–Crippen LogP) is 3.52. The van der Waals surface area contributed by atoms with Gasteiger partial charge in [-0.3, -0.25) is 4.79 Å². The standard InChI is InChI=1S/C17H31NO2/c1-15(2,3)20-13(19)8-10-18-14-16(4,5)12-7-9-17(14,6)11-12/h12,14,18H,7-11H2,1-6H3. The minimum absolute atomic E-state index is 0.101. The van der Waals surface area contributed by atoms with Crippen LogP contribution >= 0.6 is 0 Å². The average molecular weight is 281 g/mol. The van der Waals surface area contributed by atoms with Gasteiger partial charge >= 0.3 is 5.97 Å². The van der Waals surface area contributed by atoms with Gasteiger partial charge in [0.2, 0.25) is 0 Å².